The predicted octanol–water partition coefficient (Wildman–Crippen LogP) is 5.27. The predicted molar refractivity (Wildman–Crippen MR) is 123 cm³/mol. The molecule has 0 saturated heterocycles. The van der Waals surface area contributed by atoms with E-state index in [4.69, 9.17) is 0 Å². The molecule has 154 valence electrons. The highest BCUT2D eigenvalue weighted by molar-refractivity contribution is 7.77. The first-order valence-electron chi connectivity index (χ1n) is 9.92. The van der Waals surface area contributed by atoms with Crippen molar-refractivity contribution in [1.82, 2.24) is 5.09 Å². The minimum absolute atomic E-state index is 0.237. The van der Waals surface area contributed by atoms with Crippen molar-refractivity contribution in [2.24, 2.45) is 0 Å². The zero-order valence-corrected chi connectivity index (χ0v) is 17.6. The van der Waals surface area contributed by atoms with Crippen LogP contribution >= 0.6 is 7.29 Å². The van der Waals surface area contributed by atoms with Gasteiger partial charge in [-0.1, -0.05) is 78.9 Å². The lowest BCUT2D eigenvalue weighted by Gasteiger charge is -2.26. The van der Waals surface area contributed by atoms with Crippen LogP contribution in [0.4, 0.5) is 4.39 Å². The number of hydrogen-bond donors (Lipinski definition) is 1. The molecule has 0 amide bonds. The Morgan fingerprint density at radius 2 is 1.13 bits per heavy atom. The number of benzene rings is 4. The van der Waals surface area contributed by atoms with E-state index < -0.39 is 19.2 Å². The van der Waals surface area contributed by atoms with Crippen LogP contribution in [-0.2, 0) is 4.57 Å². The SMILES string of the molecule is O=C(c1ccccc1)C(NP(=O)(c1ccccc1)c1ccccc1)c1ccc(F)cc1. The smallest absolute Gasteiger partial charge is 0.205 e. The lowest BCUT2D eigenvalue weighted by molar-refractivity contribution is 0.0953. The molecule has 0 aliphatic carbocycles. The van der Waals surface area contributed by atoms with Crippen molar-refractivity contribution in [3.63, 3.8) is 0 Å². The van der Waals surface area contributed by atoms with Gasteiger partial charge in [0.05, 0.1) is 0 Å². The lowest BCUT2D eigenvalue weighted by atomic mass is 9.98. The molecule has 31 heavy (non-hydrogen) atoms. The monoisotopic (exact) mass is 429 g/mol. The maximum atomic E-state index is 14.5. The summed E-state index contributed by atoms with van der Waals surface area (Å²) in [7, 11) is -3.40. The van der Waals surface area contributed by atoms with Crippen LogP contribution in [0.25, 0.3) is 0 Å². The summed E-state index contributed by atoms with van der Waals surface area (Å²) in [6, 6.07) is 31.7. The Balaban J connectivity index is 1.84. The van der Waals surface area contributed by atoms with Crippen molar-refractivity contribution < 1.29 is 13.8 Å². The second kappa shape index (κ2) is 9.22. The van der Waals surface area contributed by atoms with E-state index in [1.807, 2.05) is 42.5 Å². The van der Waals surface area contributed by atoms with Crippen LogP contribution in [0.5, 0.6) is 0 Å². The fourth-order valence-corrected chi connectivity index (χ4v) is 5.87. The van der Waals surface area contributed by atoms with Crippen LogP contribution in [0.3, 0.4) is 0 Å². The van der Waals surface area contributed by atoms with E-state index in [0.717, 1.165) is 0 Å². The molecule has 3 nitrogen and oxygen atoms in total. The first-order valence-corrected chi connectivity index (χ1v) is 11.6. The fourth-order valence-electron chi connectivity index (χ4n) is 3.46. The van der Waals surface area contributed by atoms with Crippen LogP contribution < -0.4 is 15.7 Å². The van der Waals surface area contributed by atoms with Crippen LogP contribution in [-0.4, -0.2) is 5.78 Å². The molecule has 1 unspecified atom stereocenters. The van der Waals surface area contributed by atoms with Gasteiger partial charge in [0.2, 0.25) is 7.29 Å². The third kappa shape index (κ3) is 4.56. The van der Waals surface area contributed by atoms with Crippen molar-refractivity contribution in [3.05, 3.63) is 132 Å². The summed E-state index contributed by atoms with van der Waals surface area (Å²) in [5, 5.41) is 4.36. The molecule has 0 aliphatic rings. The van der Waals surface area contributed by atoms with Crippen molar-refractivity contribution in [2.45, 2.75) is 6.04 Å². The highest BCUT2D eigenvalue weighted by Crippen LogP contribution is 2.42. The third-order valence-corrected chi connectivity index (χ3v) is 7.75. The molecule has 0 spiro atoms. The minimum Gasteiger partial charge on any atom is -0.296 e. The highest BCUT2D eigenvalue weighted by Gasteiger charge is 2.34. The molecule has 0 fully saturated rings. The van der Waals surface area contributed by atoms with Gasteiger partial charge in [0, 0.05) is 16.2 Å². The average molecular weight is 429 g/mol. The second-order valence-electron chi connectivity index (χ2n) is 7.12. The molecule has 0 aliphatic heterocycles. The van der Waals surface area contributed by atoms with Gasteiger partial charge in [-0.25, -0.2) is 9.48 Å². The molecular formula is C26H21FNO2P. The van der Waals surface area contributed by atoms with E-state index in [9.17, 15) is 13.8 Å². The van der Waals surface area contributed by atoms with E-state index >= 15 is 0 Å². The van der Waals surface area contributed by atoms with Crippen LogP contribution in [0.1, 0.15) is 22.0 Å². The number of hydrogen-bond acceptors (Lipinski definition) is 2. The van der Waals surface area contributed by atoms with Crippen molar-refractivity contribution in [2.75, 3.05) is 0 Å². The zero-order chi connectivity index (χ0) is 21.7. The third-order valence-electron chi connectivity index (χ3n) is 5.07. The summed E-state index contributed by atoms with van der Waals surface area (Å²) in [6.07, 6.45) is 0. The van der Waals surface area contributed by atoms with Gasteiger partial charge in [0.1, 0.15) is 11.9 Å². The Morgan fingerprint density at radius 3 is 1.61 bits per heavy atom. The molecule has 4 aromatic rings. The van der Waals surface area contributed by atoms with Gasteiger partial charge >= 0.3 is 0 Å². The molecule has 1 N–H and O–H groups in total. The Hall–Kier alpha value is -3.33. The summed E-state index contributed by atoms with van der Waals surface area (Å²) in [4.78, 5) is 13.5. The van der Waals surface area contributed by atoms with E-state index in [0.29, 0.717) is 21.7 Å². The van der Waals surface area contributed by atoms with Crippen molar-refractivity contribution in [1.29, 1.82) is 0 Å². The van der Waals surface area contributed by atoms with Crippen LogP contribution in [0.15, 0.2) is 115 Å². The standard InChI is InChI=1S/C26H21FNO2P/c27-22-18-16-20(17-19-22)25(26(29)21-10-4-1-5-11-21)28-31(30,23-12-6-2-7-13-23)24-14-8-3-9-15-24/h1-19,25H,(H,28,30). The number of rotatable bonds is 7. The quantitative estimate of drug-likeness (QED) is 0.322. The van der Waals surface area contributed by atoms with E-state index in [2.05, 4.69) is 5.09 Å². The van der Waals surface area contributed by atoms with E-state index in [-0.39, 0.29) is 5.78 Å². The van der Waals surface area contributed by atoms with Gasteiger partial charge in [0.25, 0.3) is 0 Å². The number of carbonyl (C=O) groups excluding carboxylic acids is 1. The molecule has 4 aromatic carbocycles. The summed E-state index contributed by atoms with van der Waals surface area (Å²) < 4.78 is 28.0. The highest BCUT2D eigenvalue weighted by atomic mass is 31.2. The Bertz CT molecular complexity index is 1150. The topological polar surface area (TPSA) is 46.2 Å². The summed E-state index contributed by atoms with van der Waals surface area (Å²) in [5.41, 5.74) is 1.03. The zero-order valence-electron chi connectivity index (χ0n) is 16.7. The Kier molecular flexibility index (Phi) is 6.22. The molecule has 5 heteroatoms. The van der Waals surface area contributed by atoms with Gasteiger partial charge in [-0.3, -0.25) is 9.36 Å². The van der Waals surface area contributed by atoms with Gasteiger partial charge < -0.3 is 0 Å². The first kappa shape index (κ1) is 20.9. The number of nitrogens with one attached hydrogen (secondary N) is 1. The maximum absolute atomic E-state index is 14.5. The molecule has 0 bridgehead atoms. The number of Topliss-reactive ketones (excluding diaryl/α,β-unsaturated/α-hetero) is 1. The van der Waals surface area contributed by atoms with Crippen LogP contribution in [0, 0.1) is 5.82 Å². The lowest BCUT2D eigenvalue weighted by Crippen LogP contribution is -2.34. The molecular weight excluding hydrogens is 408 g/mol. The maximum Gasteiger partial charge on any atom is 0.205 e. The number of carbonyl (C=O) groups is 1. The Morgan fingerprint density at radius 1 is 0.677 bits per heavy atom. The first-order chi connectivity index (χ1) is 15.1. The van der Waals surface area contributed by atoms with Gasteiger partial charge in [-0.2, -0.15) is 0 Å². The normalized spacial score (nSPS) is 12.3. The summed E-state index contributed by atoms with van der Waals surface area (Å²) in [5.74, 6) is -0.636. The summed E-state index contributed by atoms with van der Waals surface area (Å²) >= 11 is 0. The number of ketones is 1. The van der Waals surface area contributed by atoms with Gasteiger partial charge in [-0.05, 0) is 42.0 Å². The fraction of sp³-hybridized carbons (Fsp3) is 0.0385. The van der Waals surface area contributed by atoms with Crippen LogP contribution in [0.2, 0.25) is 0 Å². The largest absolute Gasteiger partial charge is 0.296 e. The number of halogens is 1. The summed E-state index contributed by atoms with van der Waals surface area (Å²) in [6.45, 7) is 0. The molecule has 0 saturated carbocycles. The molecule has 1 atom stereocenters. The molecule has 4 rings (SSSR count). The minimum atomic E-state index is -3.40. The van der Waals surface area contributed by atoms with Crippen molar-refractivity contribution in [3.8, 4) is 0 Å². The van der Waals surface area contributed by atoms with Crippen molar-refractivity contribution >= 4 is 23.7 Å². The average Bonchev–Trinajstić information content (AvgIpc) is 2.84. The van der Waals surface area contributed by atoms with E-state index in [1.54, 1.807) is 60.7 Å². The molecule has 0 radical (unpaired) electrons. The Labute approximate surface area is 181 Å². The second-order valence-corrected chi connectivity index (χ2v) is 9.63. The van der Waals surface area contributed by atoms with Gasteiger partial charge in [-0.15, -0.1) is 0 Å². The van der Waals surface area contributed by atoms with Gasteiger partial charge in [0.15, 0.2) is 5.78 Å². The molecule has 0 aromatic heterocycles. The van der Waals surface area contributed by atoms with E-state index in [1.165, 1.54) is 12.1 Å². The molecule has 0 heterocycles.